The van der Waals surface area contributed by atoms with Gasteiger partial charge in [0, 0.05) is 17.6 Å². The predicted molar refractivity (Wildman–Crippen MR) is 101 cm³/mol. The maximum Gasteiger partial charge on any atom is 0.275 e. The van der Waals surface area contributed by atoms with Crippen LogP contribution in [0, 0.1) is 0 Å². The maximum absolute atomic E-state index is 13.4. The van der Waals surface area contributed by atoms with Crippen molar-refractivity contribution in [3.63, 3.8) is 0 Å². The number of H-pyrrole nitrogens is 1. The Morgan fingerprint density at radius 1 is 1.12 bits per heavy atom. The van der Waals surface area contributed by atoms with Gasteiger partial charge in [0.1, 0.15) is 0 Å². The normalized spacial score (nSPS) is 17.8. The lowest BCUT2D eigenvalue weighted by Gasteiger charge is -2.30. The number of nitrogens with one attached hydrogen (secondary N) is 2. The molecule has 6 nitrogen and oxygen atoms in total. The van der Waals surface area contributed by atoms with Gasteiger partial charge in [0.15, 0.2) is 5.69 Å². The highest BCUT2D eigenvalue weighted by Crippen LogP contribution is 2.22. The Morgan fingerprint density at radius 3 is 2.88 bits per heavy atom. The second kappa shape index (κ2) is 7.66. The number of amides is 1. The van der Waals surface area contributed by atoms with Gasteiger partial charge in [0.25, 0.3) is 5.91 Å². The van der Waals surface area contributed by atoms with E-state index in [1.54, 1.807) is 6.20 Å². The second-order valence-electron chi connectivity index (χ2n) is 6.71. The van der Waals surface area contributed by atoms with Crippen molar-refractivity contribution in [1.82, 2.24) is 25.4 Å². The van der Waals surface area contributed by atoms with Crippen molar-refractivity contribution < 1.29 is 4.79 Å². The Balaban J connectivity index is 1.67. The highest BCUT2D eigenvalue weighted by Gasteiger charge is 2.28. The second-order valence-corrected chi connectivity index (χ2v) is 6.71. The molecule has 0 saturated carbocycles. The molecule has 0 radical (unpaired) electrons. The molecular formula is C20H23N5O. The van der Waals surface area contributed by atoms with E-state index in [1.165, 1.54) is 0 Å². The van der Waals surface area contributed by atoms with Gasteiger partial charge in [0.05, 0.1) is 17.8 Å². The third kappa shape index (κ3) is 3.46. The molecule has 3 aromatic rings. The summed E-state index contributed by atoms with van der Waals surface area (Å²) in [6.45, 7) is 2.44. The molecule has 0 spiro atoms. The molecule has 1 unspecified atom stereocenters. The van der Waals surface area contributed by atoms with Crippen LogP contribution in [0.25, 0.3) is 10.9 Å². The van der Waals surface area contributed by atoms with Gasteiger partial charge in [-0.25, -0.2) is 0 Å². The highest BCUT2D eigenvalue weighted by molar-refractivity contribution is 6.04. The van der Waals surface area contributed by atoms with E-state index in [2.05, 4.69) is 20.5 Å². The summed E-state index contributed by atoms with van der Waals surface area (Å²) in [5, 5.41) is 11.6. The summed E-state index contributed by atoms with van der Waals surface area (Å²) in [7, 11) is 0. The molecule has 1 fully saturated rings. The molecule has 0 bridgehead atoms. The topological polar surface area (TPSA) is 73.9 Å². The van der Waals surface area contributed by atoms with Crippen LogP contribution in [0.4, 0.5) is 0 Å². The van der Waals surface area contributed by atoms with Crippen LogP contribution in [-0.2, 0) is 6.54 Å². The molecular weight excluding hydrogens is 326 g/mol. The highest BCUT2D eigenvalue weighted by atomic mass is 16.2. The van der Waals surface area contributed by atoms with Gasteiger partial charge in [-0.2, -0.15) is 5.10 Å². The minimum Gasteiger partial charge on any atom is -0.328 e. The van der Waals surface area contributed by atoms with E-state index in [4.69, 9.17) is 0 Å². The molecule has 3 heterocycles. The number of rotatable bonds is 4. The van der Waals surface area contributed by atoms with Crippen LogP contribution in [0.1, 0.15) is 35.4 Å². The van der Waals surface area contributed by atoms with E-state index < -0.39 is 0 Å². The van der Waals surface area contributed by atoms with Crippen molar-refractivity contribution in [3.8, 4) is 0 Å². The summed E-state index contributed by atoms with van der Waals surface area (Å²) in [4.78, 5) is 19.8. The molecule has 2 N–H and O–H groups in total. The zero-order valence-electron chi connectivity index (χ0n) is 14.7. The molecule has 4 rings (SSSR count). The number of hydrogen-bond acceptors (Lipinski definition) is 4. The van der Waals surface area contributed by atoms with E-state index in [1.807, 2.05) is 47.4 Å². The van der Waals surface area contributed by atoms with Gasteiger partial charge in [-0.05, 0) is 50.6 Å². The Kier molecular flexibility index (Phi) is 4.93. The molecule has 1 aromatic carbocycles. The van der Waals surface area contributed by atoms with Crippen molar-refractivity contribution in [3.05, 3.63) is 60.0 Å². The average Bonchev–Trinajstić information content (AvgIpc) is 2.93. The summed E-state index contributed by atoms with van der Waals surface area (Å²) in [5.41, 5.74) is 2.28. The standard InChI is InChI=1S/C20H23N5O/c26-20(19-17-8-1-2-9-18(17)23-24-19)25(14-15-6-3-4-12-22-15)16-7-5-11-21-13-10-16/h1-4,6,8-9,12,16,21H,5,7,10-11,13-14H2,(H,23,24). The number of carbonyl (C=O) groups excluding carboxylic acids is 1. The molecule has 1 aliphatic heterocycles. The van der Waals surface area contributed by atoms with Crippen LogP contribution in [0.5, 0.6) is 0 Å². The summed E-state index contributed by atoms with van der Waals surface area (Å²) < 4.78 is 0. The fourth-order valence-electron chi connectivity index (χ4n) is 3.61. The number of benzene rings is 1. The van der Waals surface area contributed by atoms with E-state index in [-0.39, 0.29) is 11.9 Å². The molecule has 2 aromatic heterocycles. The first-order valence-corrected chi connectivity index (χ1v) is 9.17. The van der Waals surface area contributed by atoms with Crippen molar-refractivity contribution in [1.29, 1.82) is 0 Å². The van der Waals surface area contributed by atoms with Gasteiger partial charge in [-0.1, -0.05) is 24.3 Å². The van der Waals surface area contributed by atoms with E-state index >= 15 is 0 Å². The lowest BCUT2D eigenvalue weighted by atomic mass is 10.1. The Morgan fingerprint density at radius 2 is 2.00 bits per heavy atom. The predicted octanol–water partition coefficient (Wildman–Crippen LogP) is 2.74. The first-order chi connectivity index (χ1) is 12.8. The number of pyridine rings is 1. The van der Waals surface area contributed by atoms with Crippen LogP contribution < -0.4 is 5.32 Å². The largest absolute Gasteiger partial charge is 0.328 e. The van der Waals surface area contributed by atoms with Crippen LogP contribution in [0.15, 0.2) is 48.7 Å². The molecule has 0 aliphatic carbocycles. The minimum atomic E-state index is -0.0278. The number of fused-ring (bicyclic) bond motifs is 1. The van der Waals surface area contributed by atoms with Crippen molar-refractivity contribution in [2.75, 3.05) is 13.1 Å². The molecule has 6 heteroatoms. The fourth-order valence-corrected chi connectivity index (χ4v) is 3.61. The number of para-hydroxylation sites is 1. The molecule has 1 atom stereocenters. The molecule has 26 heavy (non-hydrogen) atoms. The van der Waals surface area contributed by atoms with Gasteiger partial charge in [-0.3, -0.25) is 14.9 Å². The summed E-state index contributed by atoms with van der Waals surface area (Å²) in [6.07, 6.45) is 4.78. The first kappa shape index (κ1) is 16.7. The van der Waals surface area contributed by atoms with E-state index in [0.29, 0.717) is 12.2 Å². The SMILES string of the molecule is O=C(c1n[nH]c2ccccc12)N(Cc1ccccn1)C1CCCNCC1. The maximum atomic E-state index is 13.4. The van der Waals surface area contributed by atoms with Crippen LogP contribution in [0.3, 0.4) is 0 Å². The average molecular weight is 349 g/mol. The fraction of sp³-hybridized carbons (Fsp3) is 0.350. The molecule has 1 saturated heterocycles. The number of aromatic nitrogens is 3. The van der Waals surface area contributed by atoms with Crippen molar-refractivity contribution in [2.45, 2.75) is 31.8 Å². The lowest BCUT2D eigenvalue weighted by Crippen LogP contribution is -2.40. The quantitative estimate of drug-likeness (QED) is 0.759. The molecule has 134 valence electrons. The van der Waals surface area contributed by atoms with Crippen LogP contribution >= 0.6 is 0 Å². The summed E-state index contributed by atoms with van der Waals surface area (Å²) in [5.74, 6) is -0.0278. The van der Waals surface area contributed by atoms with Gasteiger partial charge >= 0.3 is 0 Å². The number of nitrogens with zero attached hydrogens (tertiary/aromatic N) is 3. The Labute approximate surface area is 152 Å². The third-order valence-corrected chi connectivity index (χ3v) is 4.98. The molecule has 1 amide bonds. The van der Waals surface area contributed by atoms with E-state index in [9.17, 15) is 4.79 Å². The first-order valence-electron chi connectivity index (χ1n) is 9.17. The van der Waals surface area contributed by atoms with Gasteiger partial charge in [-0.15, -0.1) is 0 Å². The monoisotopic (exact) mass is 349 g/mol. The lowest BCUT2D eigenvalue weighted by molar-refractivity contribution is 0.0638. The van der Waals surface area contributed by atoms with Crippen LogP contribution in [-0.4, -0.2) is 45.1 Å². The number of aromatic amines is 1. The minimum absolute atomic E-state index is 0.0278. The zero-order chi connectivity index (χ0) is 17.8. The molecule has 1 aliphatic rings. The summed E-state index contributed by atoms with van der Waals surface area (Å²) >= 11 is 0. The van der Waals surface area contributed by atoms with Crippen molar-refractivity contribution >= 4 is 16.8 Å². The zero-order valence-corrected chi connectivity index (χ0v) is 14.7. The Hall–Kier alpha value is -2.73. The smallest absolute Gasteiger partial charge is 0.275 e. The Bertz CT molecular complexity index is 868. The third-order valence-electron chi connectivity index (χ3n) is 4.98. The summed E-state index contributed by atoms with van der Waals surface area (Å²) in [6, 6.07) is 13.8. The van der Waals surface area contributed by atoms with Crippen LogP contribution in [0.2, 0.25) is 0 Å². The van der Waals surface area contributed by atoms with Gasteiger partial charge < -0.3 is 10.2 Å². The van der Waals surface area contributed by atoms with E-state index in [0.717, 1.165) is 48.9 Å². The number of carbonyl (C=O) groups is 1. The van der Waals surface area contributed by atoms with Crippen molar-refractivity contribution in [2.24, 2.45) is 0 Å². The van der Waals surface area contributed by atoms with Gasteiger partial charge in [0.2, 0.25) is 0 Å². The number of hydrogen-bond donors (Lipinski definition) is 2.